The molecule has 3 heterocycles. The van der Waals surface area contributed by atoms with Crippen molar-refractivity contribution in [3.8, 4) is 0 Å². The highest BCUT2D eigenvalue weighted by atomic mass is 35.6. The number of imidazole rings is 1. The predicted molar refractivity (Wildman–Crippen MR) is 108 cm³/mol. The Bertz CT molecular complexity index is 1100. The molecular weight excluding hydrogens is 486 g/mol. The second-order valence-corrected chi connectivity index (χ2v) is 8.51. The number of nitro groups is 1. The molecule has 0 saturated carbocycles. The highest BCUT2D eigenvalue weighted by Gasteiger charge is 2.38. The number of hydrogen-bond donors (Lipinski definition) is 1. The van der Waals surface area contributed by atoms with E-state index in [4.69, 9.17) is 51.1 Å². The molecule has 0 aliphatic rings. The fourth-order valence-electron chi connectivity index (χ4n) is 2.55. The number of hydrogen-bond acceptors (Lipinski definition) is 8. The number of alkyl carbamates (subject to hydrolysis) is 1. The first kappa shape index (κ1) is 22.3. The Morgan fingerprint density at radius 2 is 2.07 bits per heavy atom. The van der Waals surface area contributed by atoms with Crippen LogP contribution in [0.1, 0.15) is 12.0 Å². The van der Waals surface area contributed by atoms with Gasteiger partial charge in [-0.3, -0.25) is 5.32 Å². The van der Waals surface area contributed by atoms with Crippen LogP contribution in [0.25, 0.3) is 11.0 Å². The molecule has 0 aliphatic carbocycles. The standard InChI is InChI=1S/C14H12Cl4N8O4/c1-7-19-6-9(26(28)29)24(7)2-3-30-13(27)23-11(14(16,17)18)25-10-8(5-21-25)4-20-12(15)22-10/h4-6,11H,2-3H2,1H3,(H,23,27). The van der Waals surface area contributed by atoms with Crippen LogP contribution in [-0.2, 0) is 11.3 Å². The number of amides is 1. The third-order valence-corrected chi connectivity index (χ3v) is 4.69. The molecule has 12 nitrogen and oxygen atoms in total. The fraction of sp³-hybridized carbons (Fsp3) is 0.357. The van der Waals surface area contributed by atoms with Crippen molar-refractivity contribution in [2.45, 2.75) is 23.4 Å². The smallest absolute Gasteiger partial charge is 0.409 e. The molecular formula is C14H12Cl4N8O4. The van der Waals surface area contributed by atoms with Crippen molar-refractivity contribution < 1.29 is 14.5 Å². The molecule has 3 aromatic heterocycles. The Kier molecular flexibility index (Phi) is 6.50. The van der Waals surface area contributed by atoms with Crippen LogP contribution >= 0.6 is 46.4 Å². The van der Waals surface area contributed by atoms with Gasteiger partial charge in [0.05, 0.1) is 11.6 Å². The van der Waals surface area contributed by atoms with Crippen LogP contribution in [0.15, 0.2) is 18.6 Å². The van der Waals surface area contributed by atoms with Crippen molar-refractivity contribution >= 4 is 69.3 Å². The normalized spacial score (nSPS) is 12.7. The van der Waals surface area contributed by atoms with Gasteiger partial charge in [-0.2, -0.15) is 10.1 Å². The summed E-state index contributed by atoms with van der Waals surface area (Å²) in [5.41, 5.74) is 0.219. The lowest BCUT2D eigenvalue weighted by Gasteiger charge is -2.25. The molecule has 0 aromatic carbocycles. The summed E-state index contributed by atoms with van der Waals surface area (Å²) in [5.74, 6) is 0.166. The van der Waals surface area contributed by atoms with E-state index in [0.717, 1.165) is 10.9 Å². The van der Waals surface area contributed by atoms with Crippen LogP contribution in [0.5, 0.6) is 0 Å². The molecule has 0 spiro atoms. The number of carbonyl (C=O) groups excluding carboxylic acids is 1. The van der Waals surface area contributed by atoms with Crippen LogP contribution in [0.2, 0.25) is 5.28 Å². The summed E-state index contributed by atoms with van der Waals surface area (Å²) in [7, 11) is 0. The van der Waals surface area contributed by atoms with Gasteiger partial charge in [-0.25, -0.2) is 24.0 Å². The summed E-state index contributed by atoms with van der Waals surface area (Å²) in [4.78, 5) is 34.4. The molecule has 0 bridgehead atoms. The minimum Gasteiger partial charge on any atom is -0.445 e. The van der Waals surface area contributed by atoms with Gasteiger partial charge in [-0.15, -0.1) is 0 Å². The van der Waals surface area contributed by atoms with Gasteiger partial charge in [-0.05, 0) is 16.5 Å². The van der Waals surface area contributed by atoms with Gasteiger partial charge in [0.1, 0.15) is 19.3 Å². The van der Waals surface area contributed by atoms with Crippen LogP contribution in [0.4, 0.5) is 10.6 Å². The molecule has 1 N–H and O–H groups in total. The molecule has 16 heteroatoms. The van der Waals surface area contributed by atoms with E-state index in [9.17, 15) is 14.9 Å². The number of halogens is 4. The zero-order valence-electron chi connectivity index (χ0n) is 15.0. The minimum atomic E-state index is -2.03. The molecule has 0 aliphatic heterocycles. The maximum absolute atomic E-state index is 12.3. The molecule has 3 rings (SSSR count). The summed E-state index contributed by atoms with van der Waals surface area (Å²) in [6.45, 7) is 1.38. The van der Waals surface area contributed by atoms with Crippen molar-refractivity contribution in [1.29, 1.82) is 0 Å². The summed E-state index contributed by atoms with van der Waals surface area (Å²) in [5, 5.41) is 17.9. The van der Waals surface area contributed by atoms with Crippen molar-refractivity contribution in [1.82, 2.24) is 34.6 Å². The van der Waals surface area contributed by atoms with Crippen molar-refractivity contribution in [2.75, 3.05) is 6.61 Å². The lowest BCUT2D eigenvalue weighted by molar-refractivity contribution is -0.392. The lowest BCUT2D eigenvalue weighted by Crippen LogP contribution is -2.41. The highest BCUT2D eigenvalue weighted by molar-refractivity contribution is 6.67. The van der Waals surface area contributed by atoms with E-state index in [2.05, 4.69) is 25.4 Å². The Hall–Kier alpha value is -2.41. The molecule has 0 saturated heterocycles. The summed E-state index contributed by atoms with van der Waals surface area (Å²) in [6.07, 6.45) is 1.69. The molecule has 160 valence electrons. The molecule has 1 unspecified atom stereocenters. The second-order valence-electron chi connectivity index (χ2n) is 5.80. The third kappa shape index (κ3) is 4.83. The quantitative estimate of drug-likeness (QED) is 0.236. The first-order chi connectivity index (χ1) is 14.1. The van der Waals surface area contributed by atoms with Crippen molar-refractivity contribution in [3.05, 3.63) is 39.8 Å². The van der Waals surface area contributed by atoms with Crippen molar-refractivity contribution in [2.24, 2.45) is 0 Å². The molecule has 1 atom stereocenters. The first-order valence-electron chi connectivity index (χ1n) is 8.10. The lowest BCUT2D eigenvalue weighted by atomic mass is 10.4. The van der Waals surface area contributed by atoms with Crippen LogP contribution < -0.4 is 5.32 Å². The van der Waals surface area contributed by atoms with Crippen LogP contribution in [0.3, 0.4) is 0 Å². The number of aromatic nitrogens is 6. The van der Waals surface area contributed by atoms with E-state index >= 15 is 0 Å². The molecule has 0 radical (unpaired) electrons. The number of rotatable bonds is 6. The number of alkyl halides is 3. The van der Waals surface area contributed by atoms with Crippen molar-refractivity contribution in [3.63, 3.8) is 0 Å². The number of aryl methyl sites for hydroxylation is 1. The Labute approximate surface area is 188 Å². The predicted octanol–water partition coefficient (Wildman–Crippen LogP) is 3.19. The monoisotopic (exact) mass is 496 g/mol. The average molecular weight is 498 g/mol. The van der Waals surface area contributed by atoms with E-state index in [1.54, 1.807) is 6.92 Å². The van der Waals surface area contributed by atoms with Gasteiger partial charge in [0, 0.05) is 13.1 Å². The second kappa shape index (κ2) is 8.76. The molecule has 0 fully saturated rings. The molecule has 30 heavy (non-hydrogen) atoms. The number of nitrogens with zero attached hydrogens (tertiary/aromatic N) is 7. The van der Waals surface area contributed by atoms with Gasteiger partial charge in [0.15, 0.2) is 17.6 Å². The summed E-state index contributed by atoms with van der Waals surface area (Å²) >= 11 is 23.8. The Balaban J connectivity index is 1.72. The number of nitrogens with one attached hydrogen (secondary N) is 1. The van der Waals surface area contributed by atoms with Crippen LogP contribution in [0, 0.1) is 17.0 Å². The fourth-order valence-corrected chi connectivity index (χ4v) is 3.12. The number of fused-ring (bicyclic) bond motifs is 1. The van der Waals surface area contributed by atoms with E-state index < -0.39 is 21.0 Å². The van der Waals surface area contributed by atoms with Gasteiger partial charge in [0.25, 0.3) is 0 Å². The third-order valence-electron chi connectivity index (χ3n) is 3.88. The highest BCUT2D eigenvalue weighted by Crippen LogP contribution is 2.37. The topological polar surface area (TPSA) is 143 Å². The van der Waals surface area contributed by atoms with E-state index in [1.165, 1.54) is 17.0 Å². The summed E-state index contributed by atoms with van der Waals surface area (Å²) < 4.78 is 5.48. The Morgan fingerprint density at radius 3 is 2.73 bits per heavy atom. The van der Waals surface area contributed by atoms with Gasteiger partial charge in [0.2, 0.25) is 9.08 Å². The minimum absolute atomic E-state index is 0.00152. The van der Waals surface area contributed by atoms with Gasteiger partial charge < -0.3 is 14.9 Å². The van der Waals surface area contributed by atoms with E-state index in [0.29, 0.717) is 11.2 Å². The zero-order valence-corrected chi connectivity index (χ0v) is 18.0. The van der Waals surface area contributed by atoms with Gasteiger partial charge in [-0.1, -0.05) is 34.8 Å². The number of ether oxygens (including phenoxy) is 1. The average Bonchev–Trinajstić information content (AvgIpc) is 3.22. The van der Waals surface area contributed by atoms with Crippen LogP contribution in [-0.4, -0.2) is 50.7 Å². The molecule has 1 amide bonds. The SMILES string of the molecule is Cc1ncc([N+](=O)[O-])n1CCOC(=O)NC(n1ncc2cnc(Cl)nc21)C(Cl)(Cl)Cl. The van der Waals surface area contributed by atoms with E-state index in [1.807, 2.05) is 0 Å². The van der Waals surface area contributed by atoms with E-state index in [-0.39, 0.29) is 29.9 Å². The Morgan fingerprint density at radius 1 is 1.33 bits per heavy atom. The zero-order chi connectivity index (χ0) is 22.1. The molecule has 3 aromatic rings. The first-order valence-corrected chi connectivity index (χ1v) is 9.61. The summed E-state index contributed by atoms with van der Waals surface area (Å²) in [6, 6.07) is 0. The van der Waals surface area contributed by atoms with Gasteiger partial charge >= 0.3 is 11.9 Å². The largest absolute Gasteiger partial charge is 0.445 e. The number of carbonyl (C=O) groups is 1. The maximum Gasteiger partial charge on any atom is 0.409 e. The maximum atomic E-state index is 12.3.